The zero-order chi connectivity index (χ0) is 10.7. The maximum atomic E-state index is 9.82. The van der Waals surface area contributed by atoms with E-state index in [1.165, 1.54) is 0 Å². The summed E-state index contributed by atoms with van der Waals surface area (Å²) in [4.78, 5) is 5.82. The molecular weight excluding hydrogens is 188 g/mol. The fraction of sp³-hybridized carbons (Fsp3) is 0.250. The van der Waals surface area contributed by atoms with Gasteiger partial charge in [0, 0.05) is 25.4 Å². The van der Waals surface area contributed by atoms with Crippen molar-refractivity contribution in [2.45, 2.75) is 12.8 Å². The Morgan fingerprint density at radius 3 is 3.07 bits per heavy atom. The van der Waals surface area contributed by atoms with Crippen LogP contribution in [0.1, 0.15) is 12.0 Å². The largest absolute Gasteiger partial charge is 0.494 e. The first-order valence-electron chi connectivity index (χ1n) is 5.00. The molecule has 3 heteroatoms. The fourth-order valence-electron chi connectivity index (χ4n) is 1.77. The lowest BCUT2D eigenvalue weighted by atomic mass is 10.1. The van der Waals surface area contributed by atoms with E-state index in [1.54, 1.807) is 17.3 Å². The standard InChI is InChI=1S/C12H14N2O/c1-2-14-7-5-11(12(14)15)8-10-4-3-6-13-9-10/h2-4,6,9,15H,1,5,7-8H2. The maximum absolute atomic E-state index is 9.82. The Morgan fingerprint density at radius 2 is 2.47 bits per heavy atom. The number of aliphatic hydroxyl groups excluding tert-OH is 1. The summed E-state index contributed by atoms with van der Waals surface area (Å²) >= 11 is 0. The van der Waals surface area contributed by atoms with Crippen LogP contribution in [0.2, 0.25) is 0 Å². The van der Waals surface area contributed by atoms with Gasteiger partial charge in [0.15, 0.2) is 5.88 Å². The van der Waals surface area contributed by atoms with Crippen molar-refractivity contribution in [2.24, 2.45) is 0 Å². The van der Waals surface area contributed by atoms with Crippen molar-refractivity contribution in [1.29, 1.82) is 0 Å². The van der Waals surface area contributed by atoms with Crippen LogP contribution in [-0.4, -0.2) is 21.5 Å². The topological polar surface area (TPSA) is 36.4 Å². The van der Waals surface area contributed by atoms with E-state index in [1.807, 2.05) is 18.3 Å². The number of hydrogen-bond acceptors (Lipinski definition) is 3. The normalized spacial score (nSPS) is 15.9. The Kier molecular flexibility index (Phi) is 2.72. The van der Waals surface area contributed by atoms with E-state index in [0.29, 0.717) is 5.88 Å². The average Bonchev–Trinajstić information content (AvgIpc) is 2.62. The van der Waals surface area contributed by atoms with Gasteiger partial charge in [-0.05, 0) is 29.8 Å². The second kappa shape index (κ2) is 4.17. The lowest BCUT2D eigenvalue weighted by molar-refractivity contribution is 0.275. The summed E-state index contributed by atoms with van der Waals surface area (Å²) in [6.07, 6.45) is 6.90. The number of nitrogens with zero attached hydrogens (tertiary/aromatic N) is 2. The summed E-state index contributed by atoms with van der Waals surface area (Å²) in [6, 6.07) is 3.93. The van der Waals surface area contributed by atoms with Gasteiger partial charge in [-0.15, -0.1) is 0 Å². The van der Waals surface area contributed by atoms with Gasteiger partial charge in [0.2, 0.25) is 0 Å². The van der Waals surface area contributed by atoms with Gasteiger partial charge in [0.1, 0.15) is 0 Å². The highest BCUT2D eigenvalue weighted by Gasteiger charge is 2.19. The summed E-state index contributed by atoms with van der Waals surface area (Å²) < 4.78 is 0. The molecule has 15 heavy (non-hydrogen) atoms. The quantitative estimate of drug-likeness (QED) is 0.816. The number of hydrogen-bond donors (Lipinski definition) is 1. The summed E-state index contributed by atoms with van der Waals surface area (Å²) in [5.74, 6) is 0.355. The van der Waals surface area contributed by atoms with Crippen LogP contribution in [0.5, 0.6) is 0 Å². The average molecular weight is 202 g/mol. The van der Waals surface area contributed by atoms with E-state index in [4.69, 9.17) is 0 Å². The van der Waals surface area contributed by atoms with E-state index < -0.39 is 0 Å². The Morgan fingerprint density at radius 1 is 1.60 bits per heavy atom. The predicted octanol–water partition coefficient (Wildman–Crippen LogP) is 2.24. The van der Waals surface area contributed by atoms with E-state index in [-0.39, 0.29) is 0 Å². The molecule has 0 bridgehead atoms. The van der Waals surface area contributed by atoms with Crippen molar-refractivity contribution in [3.63, 3.8) is 0 Å². The maximum Gasteiger partial charge on any atom is 0.190 e. The van der Waals surface area contributed by atoms with Crippen LogP contribution in [0.15, 0.2) is 48.8 Å². The van der Waals surface area contributed by atoms with Gasteiger partial charge in [-0.2, -0.15) is 0 Å². The molecule has 2 heterocycles. The third kappa shape index (κ3) is 2.01. The van der Waals surface area contributed by atoms with Crippen molar-refractivity contribution in [3.8, 4) is 0 Å². The second-order valence-electron chi connectivity index (χ2n) is 3.59. The third-order valence-electron chi connectivity index (χ3n) is 2.60. The molecule has 1 aromatic heterocycles. The molecule has 2 rings (SSSR count). The van der Waals surface area contributed by atoms with Gasteiger partial charge in [0.25, 0.3) is 0 Å². The van der Waals surface area contributed by atoms with Gasteiger partial charge in [-0.1, -0.05) is 12.6 Å². The minimum Gasteiger partial charge on any atom is -0.494 e. The SMILES string of the molecule is C=CN1CCC(Cc2cccnc2)=C1O. The Bertz CT molecular complexity index is 384. The van der Waals surface area contributed by atoms with Crippen LogP contribution in [-0.2, 0) is 6.42 Å². The van der Waals surface area contributed by atoms with Crippen molar-refractivity contribution in [1.82, 2.24) is 9.88 Å². The van der Waals surface area contributed by atoms with Crippen molar-refractivity contribution in [2.75, 3.05) is 6.54 Å². The fourth-order valence-corrected chi connectivity index (χ4v) is 1.77. The number of aliphatic hydroxyl groups is 1. The van der Waals surface area contributed by atoms with Crippen LogP contribution in [0.4, 0.5) is 0 Å². The van der Waals surface area contributed by atoms with Gasteiger partial charge in [-0.25, -0.2) is 0 Å². The highest BCUT2D eigenvalue weighted by molar-refractivity contribution is 5.23. The Hall–Kier alpha value is -1.77. The number of pyridine rings is 1. The molecule has 1 N–H and O–H groups in total. The number of aromatic nitrogens is 1. The lowest BCUT2D eigenvalue weighted by Crippen LogP contribution is -2.10. The van der Waals surface area contributed by atoms with E-state index >= 15 is 0 Å². The molecule has 1 aliphatic heterocycles. The molecule has 1 aromatic rings. The van der Waals surface area contributed by atoms with Crippen LogP contribution >= 0.6 is 0 Å². The van der Waals surface area contributed by atoms with Gasteiger partial charge in [-0.3, -0.25) is 4.98 Å². The van der Waals surface area contributed by atoms with Crippen molar-refractivity contribution < 1.29 is 5.11 Å². The number of rotatable bonds is 3. The van der Waals surface area contributed by atoms with E-state index in [2.05, 4.69) is 11.6 Å². The molecule has 0 saturated heterocycles. The van der Waals surface area contributed by atoms with Crippen molar-refractivity contribution >= 4 is 0 Å². The van der Waals surface area contributed by atoms with Crippen molar-refractivity contribution in [3.05, 3.63) is 54.3 Å². The van der Waals surface area contributed by atoms with Crippen LogP contribution in [0, 0.1) is 0 Å². The summed E-state index contributed by atoms with van der Waals surface area (Å²) in [6.45, 7) is 4.48. The zero-order valence-electron chi connectivity index (χ0n) is 8.56. The molecule has 0 radical (unpaired) electrons. The van der Waals surface area contributed by atoms with E-state index in [9.17, 15) is 5.11 Å². The lowest BCUT2D eigenvalue weighted by Gasteiger charge is -2.10. The molecule has 1 aliphatic rings. The summed E-state index contributed by atoms with van der Waals surface area (Å²) in [5, 5.41) is 9.82. The van der Waals surface area contributed by atoms with Gasteiger partial charge >= 0.3 is 0 Å². The van der Waals surface area contributed by atoms with Crippen LogP contribution in [0.25, 0.3) is 0 Å². The predicted molar refractivity (Wildman–Crippen MR) is 59.1 cm³/mol. The highest BCUT2D eigenvalue weighted by atomic mass is 16.3. The molecule has 0 atom stereocenters. The molecule has 0 unspecified atom stereocenters. The van der Waals surface area contributed by atoms with Crippen LogP contribution < -0.4 is 0 Å². The molecule has 3 nitrogen and oxygen atoms in total. The van der Waals surface area contributed by atoms with Gasteiger partial charge in [0.05, 0.1) is 0 Å². The third-order valence-corrected chi connectivity index (χ3v) is 2.60. The first-order chi connectivity index (χ1) is 7.31. The molecular formula is C12H14N2O. The Labute approximate surface area is 89.4 Å². The van der Waals surface area contributed by atoms with Gasteiger partial charge < -0.3 is 10.0 Å². The molecule has 0 aromatic carbocycles. The molecule has 0 spiro atoms. The smallest absolute Gasteiger partial charge is 0.190 e. The summed E-state index contributed by atoms with van der Waals surface area (Å²) in [5.41, 5.74) is 2.19. The minimum atomic E-state index is 0.355. The van der Waals surface area contributed by atoms with E-state index in [0.717, 1.165) is 30.5 Å². The molecule has 0 amide bonds. The zero-order valence-corrected chi connectivity index (χ0v) is 8.56. The first kappa shape index (κ1) is 9.77. The molecule has 0 fully saturated rings. The minimum absolute atomic E-state index is 0.355. The molecule has 0 aliphatic carbocycles. The molecule has 0 saturated carbocycles. The first-order valence-corrected chi connectivity index (χ1v) is 5.00. The molecule has 78 valence electrons. The Balaban J connectivity index is 2.14. The second-order valence-corrected chi connectivity index (χ2v) is 3.59. The monoisotopic (exact) mass is 202 g/mol. The highest BCUT2D eigenvalue weighted by Crippen LogP contribution is 2.23. The van der Waals surface area contributed by atoms with Crippen LogP contribution in [0.3, 0.4) is 0 Å². The summed E-state index contributed by atoms with van der Waals surface area (Å²) in [7, 11) is 0.